The highest BCUT2D eigenvalue weighted by Crippen LogP contribution is 2.31. The van der Waals surface area contributed by atoms with Crippen LogP contribution in [0.25, 0.3) is 0 Å². The quantitative estimate of drug-likeness (QED) is 0.444. The number of piperidine rings is 1. The molecule has 34 heavy (non-hydrogen) atoms. The summed E-state index contributed by atoms with van der Waals surface area (Å²) in [6.07, 6.45) is 7.43. The molecule has 2 fully saturated rings. The molecule has 2 aliphatic heterocycles. The molecule has 2 saturated heterocycles. The van der Waals surface area contributed by atoms with E-state index in [1.54, 1.807) is 0 Å². The van der Waals surface area contributed by atoms with Gasteiger partial charge in [-0.05, 0) is 43.2 Å². The Morgan fingerprint density at radius 2 is 1.88 bits per heavy atom. The van der Waals surface area contributed by atoms with Crippen molar-refractivity contribution < 1.29 is 19.4 Å². The molecule has 8 heteroatoms. The van der Waals surface area contributed by atoms with Crippen molar-refractivity contribution in [2.45, 2.75) is 44.6 Å². The molecule has 0 aliphatic carbocycles. The monoisotopic (exact) mass is 472 g/mol. The van der Waals surface area contributed by atoms with E-state index in [0.29, 0.717) is 0 Å². The van der Waals surface area contributed by atoms with Crippen LogP contribution in [0.2, 0.25) is 0 Å². The summed E-state index contributed by atoms with van der Waals surface area (Å²) in [7, 11) is 1.98. The number of nitrogens with zero attached hydrogens (tertiary/aromatic N) is 4. The van der Waals surface area contributed by atoms with Crippen LogP contribution in [0.1, 0.15) is 37.3 Å². The number of ether oxygens (including phenoxy) is 2. The Bertz CT molecular complexity index is 864. The summed E-state index contributed by atoms with van der Waals surface area (Å²) >= 11 is 0. The van der Waals surface area contributed by atoms with Crippen molar-refractivity contribution in [1.29, 1.82) is 0 Å². The second-order valence-electron chi connectivity index (χ2n) is 9.18. The first kappa shape index (κ1) is 26.2. The second kappa shape index (κ2) is 13.5. The van der Waals surface area contributed by atoms with Crippen molar-refractivity contribution in [3.63, 3.8) is 0 Å². The number of benzene rings is 1. The molecule has 2 aromatic rings. The van der Waals surface area contributed by atoms with E-state index >= 15 is 0 Å². The van der Waals surface area contributed by atoms with Crippen LogP contribution in [0.5, 0.6) is 0 Å². The number of morpholine rings is 1. The number of hydrogen-bond donors (Lipinski definition) is 1. The molecule has 188 valence electrons. The average Bonchev–Trinajstić information content (AvgIpc) is 3.29. The average molecular weight is 473 g/mol. The molecule has 4 rings (SSSR count). The number of anilines is 1. The van der Waals surface area contributed by atoms with Crippen LogP contribution in [-0.2, 0) is 34.2 Å². The Morgan fingerprint density at radius 1 is 1.15 bits per heavy atom. The highest BCUT2D eigenvalue weighted by atomic mass is 16.5. The lowest BCUT2D eigenvalue weighted by Crippen LogP contribution is -2.57. The summed E-state index contributed by atoms with van der Waals surface area (Å²) in [5.41, 5.74) is 2.81. The lowest BCUT2D eigenvalue weighted by atomic mass is 9.89. The highest BCUT2D eigenvalue weighted by Gasteiger charge is 2.40. The van der Waals surface area contributed by atoms with E-state index in [4.69, 9.17) is 19.4 Å². The summed E-state index contributed by atoms with van der Waals surface area (Å²) in [5, 5.41) is 11.5. The van der Waals surface area contributed by atoms with Crippen molar-refractivity contribution in [1.82, 2.24) is 14.7 Å². The molecule has 1 aromatic carbocycles. The summed E-state index contributed by atoms with van der Waals surface area (Å²) in [6.45, 7) is 9.62. The zero-order valence-electron chi connectivity index (χ0n) is 20.7. The lowest BCUT2D eigenvalue weighted by Gasteiger charge is -2.47. The molecule has 1 aromatic heterocycles. The minimum absolute atomic E-state index is 0.00925. The van der Waals surface area contributed by atoms with Crippen molar-refractivity contribution >= 4 is 12.3 Å². The SMILES string of the molecule is CCCOCCc1cccc(CCN2CCC3(CC2)CN(c2ccn(C)n2)CCO3)c1.O=CO. The number of hydrogen-bond acceptors (Lipinski definition) is 6. The van der Waals surface area contributed by atoms with Gasteiger partial charge in [0.15, 0.2) is 5.82 Å². The van der Waals surface area contributed by atoms with Crippen molar-refractivity contribution in [2.75, 3.05) is 57.4 Å². The van der Waals surface area contributed by atoms with Crippen molar-refractivity contribution in [3.8, 4) is 0 Å². The first-order valence-electron chi connectivity index (χ1n) is 12.4. The number of aryl methyl sites for hydroxylation is 1. The fourth-order valence-electron chi connectivity index (χ4n) is 4.76. The largest absolute Gasteiger partial charge is 0.483 e. The fourth-order valence-corrected chi connectivity index (χ4v) is 4.76. The molecule has 0 saturated carbocycles. The van der Waals surface area contributed by atoms with Gasteiger partial charge >= 0.3 is 0 Å². The summed E-state index contributed by atoms with van der Waals surface area (Å²) in [5.74, 6) is 1.08. The molecule has 0 bridgehead atoms. The van der Waals surface area contributed by atoms with Crippen LogP contribution >= 0.6 is 0 Å². The van der Waals surface area contributed by atoms with E-state index < -0.39 is 0 Å². The van der Waals surface area contributed by atoms with Gasteiger partial charge in [-0.2, -0.15) is 5.10 Å². The lowest BCUT2D eigenvalue weighted by molar-refractivity contribution is -0.122. The van der Waals surface area contributed by atoms with Crippen molar-refractivity contribution in [2.24, 2.45) is 7.05 Å². The zero-order valence-corrected chi connectivity index (χ0v) is 20.7. The molecule has 2 aliphatic rings. The van der Waals surface area contributed by atoms with Crippen LogP contribution < -0.4 is 4.90 Å². The minimum atomic E-state index is -0.250. The fraction of sp³-hybridized carbons (Fsp3) is 0.615. The number of rotatable bonds is 9. The Kier molecular flexibility index (Phi) is 10.4. The highest BCUT2D eigenvalue weighted by molar-refractivity contribution is 5.38. The predicted molar refractivity (Wildman–Crippen MR) is 133 cm³/mol. The van der Waals surface area contributed by atoms with Gasteiger partial charge in [0, 0.05) is 58.6 Å². The molecule has 3 heterocycles. The zero-order chi connectivity index (χ0) is 24.2. The van der Waals surface area contributed by atoms with Crippen LogP contribution in [0.3, 0.4) is 0 Å². The molecular formula is C26H40N4O4. The maximum absolute atomic E-state index is 8.36. The topological polar surface area (TPSA) is 80.1 Å². The van der Waals surface area contributed by atoms with Gasteiger partial charge in [-0.15, -0.1) is 0 Å². The molecule has 8 nitrogen and oxygen atoms in total. The van der Waals surface area contributed by atoms with E-state index in [1.165, 1.54) is 11.1 Å². The van der Waals surface area contributed by atoms with E-state index in [9.17, 15) is 0 Å². The van der Waals surface area contributed by atoms with Gasteiger partial charge < -0.3 is 24.4 Å². The maximum Gasteiger partial charge on any atom is 0.290 e. The van der Waals surface area contributed by atoms with Gasteiger partial charge in [-0.1, -0.05) is 31.2 Å². The number of carbonyl (C=O) groups is 1. The molecule has 1 N–H and O–H groups in total. The summed E-state index contributed by atoms with van der Waals surface area (Å²) in [4.78, 5) is 13.4. The van der Waals surface area contributed by atoms with Gasteiger partial charge in [0.05, 0.1) is 18.8 Å². The van der Waals surface area contributed by atoms with Crippen molar-refractivity contribution in [3.05, 3.63) is 47.7 Å². The van der Waals surface area contributed by atoms with Gasteiger partial charge in [-0.25, -0.2) is 0 Å². The molecule has 0 radical (unpaired) electrons. The normalized spacial score (nSPS) is 17.9. The van der Waals surface area contributed by atoms with Gasteiger partial charge in [0.25, 0.3) is 6.47 Å². The van der Waals surface area contributed by atoms with E-state index in [2.05, 4.69) is 52.2 Å². The number of likely N-dealkylation sites (tertiary alicyclic amines) is 1. The molecular weight excluding hydrogens is 432 g/mol. The minimum Gasteiger partial charge on any atom is -0.483 e. The van der Waals surface area contributed by atoms with E-state index in [0.717, 1.165) is 90.5 Å². The standard InChI is InChI=1S/C25H38N4O2.CH2O2/c1-3-17-30-18-9-23-6-4-5-22(20-23)7-13-28-14-10-25(11-15-28)21-29(16-19-31-25)24-8-12-27(2)26-24;2-1-3/h4-6,8,12,20H,3,7,9-11,13-19,21H2,1-2H3;1H,(H,2,3). The second-order valence-corrected chi connectivity index (χ2v) is 9.18. The summed E-state index contributed by atoms with van der Waals surface area (Å²) < 4.78 is 13.9. The van der Waals surface area contributed by atoms with Crippen LogP contribution in [-0.4, -0.2) is 84.4 Å². The number of aromatic nitrogens is 2. The van der Waals surface area contributed by atoms with Crippen LogP contribution in [0.15, 0.2) is 36.5 Å². The molecule has 0 unspecified atom stereocenters. The third kappa shape index (κ3) is 7.82. The third-order valence-electron chi connectivity index (χ3n) is 6.63. The Labute approximate surface area is 203 Å². The Balaban J connectivity index is 0.00000103. The summed E-state index contributed by atoms with van der Waals surface area (Å²) in [6, 6.07) is 11.1. The van der Waals surface area contributed by atoms with E-state index in [-0.39, 0.29) is 12.1 Å². The van der Waals surface area contributed by atoms with Crippen LogP contribution in [0, 0.1) is 0 Å². The first-order chi connectivity index (χ1) is 16.6. The number of carboxylic acid groups (broad SMARTS) is 1. The first-order valence-corrected chi connectivity index (χ1v) is 12.4. The maximum atomic E-state index is 8.36. The molecule has 0 amide bonds. The molecule has 0 atom stereocenters. The molecule has 1 spiro atoms. The Morgan fingerprint density at radius 3 is 2.56 bits per heavy atom. The van der Waals surface area contributed by atoms with E-state index in [1.807, 2.05) is 17.9 Å². The smallest absolute Gasteiger partial charge is 0.290 e. The van der Waals surface area contributed by atoms with Crippen LogP contribution in [0.4, 0.5) is 5.82 Å². The van der Waals surface area contributed by atoms with Gasteiger partial charge in [0.1, 0.15) is 0 Å². The Hall–Kier alpha value is -2.42. The van der Waals surface area contributed by atoms with Gasteiger partial charge in [0.2, 0.25) is 0 Å². The van der Waals surface area contributed by atoms with Gasteiger partial charge in [-0.3, -0.25) is 9.48 Å². The predicted octanol–water partition coefficient (Wildman–Crippen LogP) is 3.00. The third-order valence-corrected chi connectivity index (χ3v) is 6.63.